The lowest BCUT2D eigenvalue weighted by molar-refractivity contribution is 0.188. The van der Waals surface area contributed by atoms with Crippen LogP contribution in [-0.2, 0) is 6.42 Å². The molecule has 4 rings (SSSR count). The number of aliphatic hydroxyl groups excluding tert-OH is 1. The predicted octanol–water partition coefficient (Wildman–Crippen LogP) is 4.37. The lowest BCUT2D eigenvalue weighted by Gasteiger charge is -2.52. The highest BCUT2D eigenvalue weighted by Crippen LogP contribution is 2.46. The Morgan fingerprint density at radius 2 is 2.07 bits per heavy atom. The summed E-state index contributed by atoms with van der Waals surface area (Å²) in [5.41, 5.74) is 3.59. The van der Waals surface area contributed by atoms with Crippen molar-refractivity contribution in [3.8, 4) is 17.2 Å². The molecule has 2 heterocycles. The van der Waals surface area contributed by atoms with Gasteiger partial charge in [-0.25, -0.2) is 9.37 Å². The molecule has 3 aromatic rings. The molecule has 3 atom stereocenters. The van der Waals surface area contributed by atoms with E-state index in [1.807, 2.05) is 47.5 Å². The molecule has 1 aromatic heterocycles. The highest BCUT2D eigenvalue weighted by Gasteiger charge is 2.51. The Hall–Kier alpha value is -2.75. The molecule has 0 unspecified atom stereocenters. The van der Waals surface area contributed by atoms with Gasteiger partial charge in [0.15, 0.2) is 5.13 Å². The SMILES string of the molecule is CCc1csc(N2[C@@H](C#N)[C@@H](c3ccccc3-c3cccc(F)c3)[C@@H]2CO)n1. The van der Waals surface area contributed by atoms with Gasteiger partial charge in [-0.05, 0) is 35.2 Å². The molecule has 0 radical (unpaired) electrons. The molecule has 4 nitrogen and oxygen atoms in total. The molecule has 0 bridgehead atoms. The van der Waals surface area contributed by atoms with Gasteiger partial charge in [0.25, 0.3) is 0 Å². The third kappa shape index (κ3) is 3.07. The summed E-state index contributed by atoms with van der Waals surface area (Å²) in [6, 6.07) is 15.9. The number of halogens is 1. The lowest BCUT2D eigenvalue weighted by atomic mass is 9.74. The van der Waals surface area contributed by atoms with E-state index in [4.69, 9.17) is 0 Å². The van der Waals surface area contributed by atoms with E-state index >= 15 is 0 Å². The Balaban J connectivity index is 1.74. The van der Waals surface area contributed by atoms with Crippen molar-refractivity contribution in [1.29, 1.82) is 5.26 Å². The molecule has 0 spiro atoms. The van der Waals surface area contributed by atoms with Crippen molar-refractivity contribution >= 4 is 16.5 Å². The number of aryl methyl sites for hydroxylation is 1. The number of nitrogens with zero attached hydrogens (tertiary/aromatic N) is 3. The zero-order valence-corrected chi connectivity index (χ0v) is 16.2. The fourth-order valence-electron chi connectivity index (χ4n) is 3.93. The van der Waals surface area contributed by atoms with Gasteiger partial charge in [0.1, 0.15) is 11.9 Å². The van der Waals surface area contributed by atoms with Gasteiger partial charge in [0.2, 0.25) is 0 Å². The number of aromatic nitrogens is 1. The van der Waals surface area contributed by atoms with Crippen molar-refractivity contribution in [2.45, 2.75) is 31.3 Å². The van der Waals surface area contributed by atoms with Crippen molar-refractivity contribution in [2.75, 3.05) is 11.5 Å². The molecule has 0 amide bonds. The van der Waals surface area contributed by atoms with Gasteiger partial charge in [0, 0.05) is 11.3 Å². The summed E-state index contributed by atoms with van der Waals surface area (Å²) in [7, 11) is 0. The molecule has 1 aliphatic heterocycles. The largest absolute Gasteiger partial charge is 0.394 e. The van der Waals surface area contributed by atoms with Crippen LogP contribution < -0.4 is 4.90 Å². The smallest absolute Gasteiger partial charge is 0.186 e. The van der Waals surface area contributed by atoms with Gasteiger partial charge in [-0.3, -0.25) is 0 Å². The molecule has 6 heteroatoms. The number of benzene rings is 2. The first-order valence-corrected chi connectivity index (χ1v) is 10.1. The topological polar surface area (TPSA) is 60.2 Å². The predicted molar refractivity (Wildman–Crippen MR) is 109 cm³/mol. The summed E-state index contributed by atoms with van der Waals surface area (Å²) in [6.45, 7) is 1.96. The van der Waals surface area contributed by atoms with Crippen molar-refractivity contribution in [1.82, 2.24) is 4.98 Å². The molecule has 142 valence electrons. The number of thiazole rings is 1. The number of aliphatic hydroxyl groups is 1. The highest BCUT2D eigenvalue weighted by atomic mass is 32.1. The summed E-state index contributed by atoms with van der Waals surface area (Å²) < 4.78 is 13.8. The second-order valence-electron chi connectivity index (χ2n) is 6.83. The molecule has 1 fully saturated rings. The standard InChI is InChI=1S/C22H20FN3OS/c1-2-16-13-28-22(25-16)26-19(11-24)21(20(26)12-27)18-9-4-3-8-17(18)14-6-5-7-15(23)10-14/h3-10,13,19-21,27H,2,12H2,1H3/t19-,20-,21+/m0/s1. The molecule has 1 saturated heterocycles. The Morgan fingerprint density at radius 1 is 1.25 bits per heavy atom. The van der Waals surface area contributed by atoms with Gasteiger partial charge in [-0.15, -0.1) is 11.3 Å². The number of hydrogen-bond donors (Lipinski definition) is 1. The van der Waals surface area contributed by atoms with Gasteiger partial charge < -0.3 is 10.0 Å². The molecule has 2 aromatic carbocycles. The van der Waals surface area contributed by atoms with E-state index in [1.165, 1.54) is 23.5 Å². The van der Waals surface area contributed by atoms with Crippen LogP contribution in [0.2, 0.25) is 0 Å². The summed E-state index contributed by atoms with van der Waals surface area (Å²) >= 11 is 1.50. The van der Waals surface area contributed by atoms with E-state index in [9.17, 15) is 14.8 Å². The highest BCUT2D eigenvalue weighted by molar-refractivity contribution is 7.13. The third-order valence-corrected chi connectivity index (χ3v) is 6.21. The van der Waals surface area contributed by atoms with Crippen LogP contribution in [0.3, 0.4) is 0 Å². The Kier molecular flexibility index (Phi) is 5.12. The molecule has 0 saturated carbocycles. The molecule has 28 heavy (non-hydrogen) atoms. The second kappa shape index (κ2) is 7.70. The van der Waals surface area contributed by atoms with E-state index < -0.39 is 6.04 Å². The molecule has 1 N–H and O–H groups in total. The zero-order valence-electron chi connectivity index (χ0n) is 15.4. The third-order valence-electron chi connectivity index (χ3n) is 5.31. The maximum Gasteiger partial charge on any atom is 0.186 e. The summed E-state index contributed by atoms with van der Waals surface area (Å²) in [5.74, 6) is -0.476. The van der Waals surface area contributed by atoms with E-state index in [-0.39, 0.29) is 24.4 Å². The quantitative estimate of drug-likeness (QED) is 0.699. The van der Waals surface area contributed by atoms with Gasteiger partial charge >= 0.3 is 0 Å². The van der Waals surface area contributed by atoms with Gasteiger partial charge in [-0.2, -0.15) is 5.26 Å². The fourth-order valence-corrected chi connectivity index (χ4v) is 4.93. The monoisotopic (exact) mass is 393 g/mol. The van der Waals surface area contributed by atoms with Crippen molar-refractivity contribution < 1.29 is 9.50 Å². The Morgan fingerprint density at radius 3 is 2.75 bits per heavy atom. The normalized spacial score (nSPS) is 21.2. The maximum absolute atomic E-state index is 13.8. The van der Waals surface area contributed by atoms with Crippen LogP contribution in [-0.4, -0.2) is 28.8 Å². The van der Waals surface area contributed by atoms with Crippen molar-refractivity contribution in [3.05, 3.63) is 71.0 Å². The number of rotatable bonds is 5. The van der Waals surface area contributed by atoms with Crippen LogP contribution in [0.15, 0.2) is 53.9 Å². The van der Waals surface area contributed by atoms with Crippen LogP contribution in [0.4, 0.5) is 9.52 Å². The van der Waals surface area contributed by atoms with E-state index in [0.717, 1.165) is 33.9 Å². The van der Waals surface area contributed by atoms with E-state index in [2.05, 4.69) is 11.1 Å². The van der Waals surface area contributed by atoms with Crippen molar-refractivity contribution in [2.24, 2.45) is 0 Å². The van der Waals surface area contributed by atoms with E-state index in [0.29, 0.717) is 0 Å². The maximum atomic E-state index is 13.8. The first-order valence-electron chi connectivity index (χ1n) is 9.26. The summed E-state index contributed by atoms with van der Waals surface area (Å²) in [5, 5.41) is 22.7. The van der Waals surface area contributed by atoms with Crippen molar-refractivity contribution in [3.63, 3.8) is 0 Å². The molecular weight excluding hydrogens is 373 g/mol. The average molecular weight is 393 g/mol. The minimum atomic E-state index is -0.428. The van der Waals surface area contributed by atoms with Crippen LogP contribution >= 0.6 is 11.3 Å². The summed E-state index contributed by atoms with van der Waals surface area (Å²) in [4.78, 5) is 6.51. The molecule has 0 aliphatic carbocycles. The minimum Gasteiger partial charge on any atom is -0.394 e. The zero-order chi connectivity index (χ0) is 19.7. The first-order chi connectivity index (χ1) is 13.7. The average Bonchev–Trinajstić information content (AvgIpc) is 3.17. The summed E-state index contributed by atoms with van der Waals surface area (Å²) in [6.07, 6.45) is 0.831. The van der Waals surface area contributed by atoms with Crippen LogP contribution in [0.5, 0.6) is 0 Å². The Bertz CT molecular complexity index is 1030. The number of anilines is 1. The fraction of sp³-hybridized carbons (Fsp3) is 0.273. The molecule has 1 aliphatic rings. The molecular formula is C22H20FN3OS. The van der Waals surface area contributed by atoms with Gasteiger partial charge in [0.05, 0.1) is 24.4 Å². The van der Waals surface area contributed by atoms with Crippen LogP contribution in [0.1, 0.15) is 24.1 Å². The number of nitriles is 1. The first kappa shape index (κ1) is 18.6. The van der Waals surface area contributed by atoms with E-state index in [1.54, 1.807) is 6.07 Å². The van der Waals surface area contributed by atoms with Crippen LogP contribution in [0, 0.1) is 17.1 Å². The van der Waals surface area contributed by atoms with Gasteiger partial charge in [-0.1, -0.05) is 43.3 Å². The number of hydrogen-bond acceptors (Lipinski definition) is 5. The Labute approximate surface area is 167 Å². The second-order valence-corrected chi connectivity index (χ2v) is 7.67. The lowest BCUT2D eigenvalue weighted by Crippen LogP contribution is -2.63. The van der Waals surface area contributed by atoms with Crippen LogP contribution in [0.25, 0.3) is 11.1 Å². The minimum absolute atomic E-state index is 0.0820.